The number of rotatable bonds is 7. The number of nitrogens with one attached hydrogen (secondary N) is 1. The summed E-state index contributed by atoms with van der Waals surface area (Å²) in [6.07, 6.45) is 1.93. The van der Waals surface area contributed by atoms with Gasteiger partial charge in [-0.15, -0.1) is 0 Å². The predicted octanol–water partition coefficient (Wildman–Crippen LogP) is 3.43. The summed E-state index contributed by atoms with van der Waals surface area (Å²) in [6, 6.07) is 26.3. The molecule has 31 heavy (non-hydrogen) atoms. The second kappa shape index (κ2) is 9.54. The lowest BCUT2D eigenvalue weighted by atomic mass is 9.72. The van der Waals surface area contributed by atoms with Crippen LogP contribution in [0.4, 0.5) is 0 Å². The Morgan fingerprint density at radius 1 is 0.839 bits per heavy atom. The van der Waals surface area contributed by atoms with E-state index in [1.807, 2.05) is 48.5 Å². The van der Waals surface area contributed by atoms with E-state index in [4.69, 9.17) is 9.47 Å². The van der Waals surface area contributed by atoms with Gasteiger partial charge in [0.25, 0.3) is 0 Å². The number of ether oxygens (including phenoxy) is 2. The molecule has 3 aromatic rings. The molecule has 0 radical (unpaired) electrons. The lowest BCUT2D eigenvalue weighted by molar-refractivity contribution is -0.920. The second-order valence-electron chi connectivity index (χ2n) is 8.38. The molecule has 1 aliphatic heterocycles. The van der Waals surface area contributed by atoms with Crippen LogP contribution in [0.5, 0.6) is 11.5 Å². The van der Waals surface area contributed by atoms with Gasteiger partial charge in [-0.2, -0.15) is 0 Å². The van der Waals surface area contributed by atoms with Crippen LogP contribution in [-0.4, -0.2) is 32.4 Å². The van der Waals surface area contributed by atoms with Crippen LogP contribution in [-0.2, 0) is 12.1 Å². The lowest BCUT2D eigenvalue weighted by Gasteiger charge is -2.41. The van der Waals surface area contributed by atoms with Crippen LogP contribution in [0.1, 0.15) is 29.5 Å². The van der Waals surface area contributed by atoms with Crippen molar-refractivity contribution in [1.29, 1.82) is 0 Å². The minimum Gasteiger partial charge on any atom is -0.497 e. The predicted molar refractivity (Wildman–Crippen MR) is 123 cm³/mol. The minimum atomic E-state index is -0.966. The second-order valence-corrected chi connectivity index (χ2v) is 8.38. The van der Waals surface area contributed by atoms with E-state index in [1.54, 1.807) is 14.2 Å². The van der Waals surface area contributed by atoms with Crippen molar-refractivity contribution in [1.82, 2.24) is 0 Å². The first kappa shape index (κ1) is 21.4. The number of aliphatic hydroxyl groups is 1. The van der Waals surface area contributed by atoms with Crippen molar-refractivity contribution in [3.8, 4) is 11.5 Å². The molecule has 4 heteroatoms. The van der Waals surface area contributed by atoms with Gasteiger partial charge in [-0.25, -0.2) is 0 Å². The van der Waals surface area contributed by atoms with Gasteiger partial charge < -0.3 is 19.5 Å². The SMILES string of the molecule is COc1ccc(C[NH+]2CCC(C(O)(c3ccccc3)c3ccccc3)CC2)c(OC)c1. The summed E-state index contributed by atoms with van der Waals surface area (Å²) in [4.78, 5) is 1.52. The Balaban J connectivity index is 1.51. The Morgan fingerprint density at radius 3 is 1.94 bits per heavy atom. The maximum atomic E-state index is 12.1. The normalized spacial score (nSPS) is 19.1. The molecule has 1 heterocycles. The van der Waals surface area contributed by atoms with E-state index >= 15 is 0 Å². The van der Waals surface area contributed by atoms with E-state index in [0.717, 1.165) is 55.1 Å². The molecule has 0 spiro atoms. The summed E-state index contributed by atoms with van der Waals surface area (Å²) in [6.45, 7) is 2.94. The van der Waals surface area contributed by atoms with Gasteiger partial charge in [0.2, 0.25) is 0 Å². The Morgan fingerprint density at radius 2 is 1.42 bits per heavy atom. The topological polar surface area (TPSA) is 43.1 Å². The van der Waals surface area contributed by atoms with E-state index in [1.165, 1.54) is 10.5 Å². The third kappa shape index (κ3) is 4.46. The van der Waals surface area contributed by atoms with Crippen LogP contribution < -0.4 is 14.4 Å². The molecule has 0 aliphatic carbocycles. The summed E-state index contributed by atoms with van der Waals surface area (Å²) in [5.41, 5.74) is 2.18. The van der Waals surface area contributed by atoms with E-state index in [2.05, 4.69) is 30.3 Å². The van der Waals surface area contributed by atoms with Crippen molar-refractivity contribution in [2.45, 2.75) is 25.0 Å². The molecule has 0 saturated carbocycles. The Hall–Kier alpha value is -2.82. The van der Waals surface area contributed by atoms with Gasteiger partial charge in [-0.1, -0.05) is 60.7 Å². The van der Waals surface area contributed by atoms with Gasteiger partial charge in [-0.05, 0) is 23.3 Å². The van der Waals surface area contributed by atoms with Gasteiger partial charge in [0.1, 0.15) is 23.6 Å². The maximum absolute atomic E-state index is 12.1. The molecule has 162 valence electrons. The summed E-state index contributed by atoms with van der Waals surface area (Å²) < 4.78 is 10.9. The number of benzene rings is 3. The number of piperidine rings is 1. The smallest absolute Gasteiger partial charge is 0.131 e. The van der Waals surface area contributed by atoms with E-state index in [9.17, 15) is 5.11 Å². The molecule has 0 unspecified atom stereocenters. The minimum absolute atomic E-state index is 0.179. The third-order valence-electron chi connectivity index (χ3n) is 6.65. The number of likely N-dealkylation sites (tertiary alicyclic amines) is 1. The highest BCUT2D eigenvalue weighted by atomic mass is 16.5. The highest BCUT2D eigenvalue weighted by molar-refractivity contribution is 5.40. The summed E-state index contributed by atoms with van der Waals surface area (Å²) >= 11 is 0. The van der Waals surface area contributed by atoms with Gasteiger partial charge >= 0.3 is 0 Å². The van der Waals surface area contributed by atoms with Crippen LogP contribution in [0.2, 0.25) is 0 Å². The van der Waals surface area contributed by atoms with Crippen molar-refractivity contribution in [2.24, 2.45) is 5.92 Å². The van der Waals surface area contributed by atoms with Gasteiger partial charge in [0.15, 0.2) is 0 Å². The fourth-order valence-electron chi connectivity index (χ4n) is 4.91. The van der Waals surface area contributed by atoms with Crippen molar-refractivity contribution < 1.29 is 19.5 Å². The molecule has 2 N–H and O–H groups in total. The third-order valence-corrected chi connectivity index (χ3v) is 6.65. The van der Waals surface area contributed by atoms with E-state index in [-0.39, 0.29) is 5.92 Å². The van der Waals surface area contributed by atoms with E-state index < -0.39 is 5.60 Å². The number of methoxy groups -OCH3 is 2. The average Bonchev–Trinajstić information content (AvgIpc) is 2.85. The molecule has 3 aromatic carbocycles. The summed E-state index contributed by atoms with van der Waals surface area (Å²) in [7, 11) is 3.38. The van der Waals surface area contributed by atoms with Crippen LogP contribution in [0.15, 0.2) is 78.9 Å². The first-order valence-corrected chi connectivity index (χ1v) is 11.0. The van der Waals surface area contributed by atoms with Crippen LogP contribution >= 0.6 is 0 Å². The molecule has 0 atom stereocenters. The molecular weight excluding hydrogens is 386 g/mol. The Bertz CT molecular complexity index is 927. The number of quaternary nitrogens is 1. The van der Waals surface area contributed by atoms with Crippen LogP contribution in [0.3, 0.4) is 0 Å². The first-order valence-electron chi connectivity index (χ1n) is 11.0. The first-order chi connectivity index (χ1) is 15.1. The molecule has 1 fully saturated rings. The van der Waals surface area contributed by atoms with Crippen molar-refractivity contribution >= 4 is 0 Å². The summed E-state index contributed by atoms with van der Waals surface area (Å²) in [5, 5.41) is 12.1. The molecule has 0 aromatic heterocycles. The van der Waals surface area contributed by atoms with E-state index in [0.29, 0.717) is 0 Å². The Labute approximate surface area is 185 Å². The van der Waals surface area contributed by atoms with Gasteiger partial charge in [-0.3, -0.25) is 0 Å². The molecule has 4 rings (SSSR count). The average molecular weight is 419 g/mol. The molecular formula is C27H32NO3+. The molecule has 0 bridgehead atoms. The van der Waals surface area contributed by atoms with Crippen molar-refractivity contribution in [3.63, 3.8) is 0 Å². The molecule has 1 saturated heterocycles. The van der Waals surface area contributed by atoms with Crippen molar-refractivity contribution in [2.75, 3.05) is 27.3 Å². The van der Waals surface area contributed by atoms with Crippen molar-refractivity contribution in [3.05, 3.63) is 95.6 Å². The fraction of sp³-hybridized carbons (Fsp3) is 0.333. The summed E-state index contributed by atoms with van der Waals surface area (Å²) in [5.74, 6) is 1.86. The molecule has 0 amide bonds. The monoisotopic (exact) mass is 418 g/mol. The quantitative estimate of drug-likeness (QED) is 0.618. The zero-order valence-electron chi connectivity index (χ0n) is 18.4. The zero-order chi connectivity index (χ0) is 21.7. The number of hydrogen-bond acceptors (Lipinski definition) is 3. The number of hydrogen-bond donors (Lipinski definition) is 2. The maximum Gasteiger partial charge on any atom is 0.131 e. The molecule has 4 nitrogen and oxygen atoms in total. The van der Waals surface area contributed by atoms with Gasteiger partial charge in [0, 0.05) is 30.4 Å². The van der Waals surface area contributed by atoms with Crippen LogP contribution in [0, 0.1) is 5.92 Å². The standard InChI is InChI=1S/C27H31NO3/c1-30-25-14-13-21(26(19-25)31-2)20-28-17-15-24(16-18-28)27(29,22-9-5-3-6-10-22)23-11-7-4-8-12-23/h3-14,19,24,29H,15-18,20H2,1-2H3/p+1. The zero-order valence-corrected chi connectivity index (χ0v) is 18.4. The largest absolute Gasteiger partial charge is 0.497 e. The lowest BCUT2D eigenvalue weighted by Crippen LogP contribution is -3.11. The Kier molecular flexibility index (Phi) is 6.59. The highest BCUT2D eigenvalue weighted by Crippen LogP contribution is 2.40. The fourth-order valence-corrected chi connectivity index (χ4v) is 4.91. The molecule has 1 aliphatic rings. The van der Waals surface area contributed by atoms with Gasteiger partial charge in [0.05, 0.1) is 27.3 Å². The van der Waals surface area contributed by atoms with Crippen LogP contribution in [0.25, 0.3) is 0 Å². The highest BCUT2D eigenvalue weighted by Gasteiger charge is 2.42.